The molecule has 0 amide bonds. The summed E-state index contributed by atoms with van der Waals surface area (Å²) in [6.07, 6.45) is 1.95. The van der Waals surface area contributed by atoms with Crippen LogP contribution in [0.3, 0.4) is 0 Å². The number of hydrogen-bond acceptors (Lipinski definition) is 3. The molecule has 0 bridgehead atoms. The van der Waals surface area contributed by atoms with E-state index < -0.39 is 0 Å². The molecule has 1 aromatic carbocycles. The number of benzene rings is 1. The maximum atomic E-state index is 11.5. The zero-order chi connectivity index (χ0) is 11.8. The Labute approximate surface area is 96.8 Å². The highest BCUT2D eigenvalue weighted by Crippen LogP contribution is 2.10. The van der Waals surface area contributed by atoms with E-state index in [1.807, 2.05) is 19.1 Å². The first-order valence-electron chi connectivity index (χ1n) is 5.79. The monoisotopic (exact) mass is 221 g/mol. The predicted octanol–water partition coefficient (Wildman–Crippen LogP) is 3.08. The van der Waals surface area contributed by atoms with E-state index in [4.69, 9.17) is 4.74 Å². The zero-order valence-electron chi connectivity index (χ0n) is 9.95. The maximum absolute atomic E-state index is 11.5. The van der Waals surface area contributed by atoms with Crippen molar-refractivity contribution in [2.24, 2.45) is 0 Å². The average Bonchev–Trinajstić information content (AvgIpc) is 2.30. The second-order valence-corrected chi connectivity index (χ2v) is 3.60. The van der Waals surface area contributed by atoms with E-state index in [1.54, 1.807) is 12.1 Å². The normalized spacial score (nSPS) is 9.88. The molecule has 3 nitrogen and oxygen atoms in total. The Morgan fingerprint density at radius 1 is 1.25 bits per heavy atom. The van der Waals surface area contributed by atoms with Crippen LogP contribution < -0.4 is 5.32 Å². The molecule has 3 heteroatoms. The summed E-state index contributed by atoms with van der Waals surface area (Å²) in [5, 5.41) is 3.17. The van der Waals surface area contributed by atoms with Crippen molar-refractivity contribution < 1.29 is 9.53 Å². The van der Waals surface area contributed by atoms with Crippen LogP contribution in [0.1, 0.15) is 37.0 Å². The van der Waals surface area contributed by atoms with Crippen LogP contribution in [0.4, 0.5) is 5.69 Å². The molecule has 1 rings (SSSR count). The third kappa shape index (κ3) is 3.93. The van der Waals surface area contributed by atoms with Crippen molar-refractivity contribution in [2.75, 3.05) is 18.5 Å². The van der Waals surface area contributed by atoms with Gasteiger partial charge in [0, 0.05) is 12.2 Å². The Kier molecular flexibility index (Phi) is 5.40. The molecule has 0 saturated carbocycles. The Morgan fingerprint density at radius 2 is 1.94 bits per heavy atom. The van der Waals surface area contributed by atoms with E-state index in [1.165, 1.54) is 0 Å². The summed E-state index contributed by atoms with van der Waals surface area (Å²) in [6, 6.07) is 7.35. The summed E-state index contributed by atoms with van der Waals surface area (Å²) in [7, 11) is 0. The van der Waals surface area contributed by atoms with E-state index in [0.29, 0.717) is 12.2 Å². The Morgan fingerprint density at radius 3 is 2.50 bits per heavy atom. The second kappa shape index (κ2) is 6.88. The van der Waals surface area contributed by atoms with E-state index in [0.717, 1.165) is 25.1 Å². The smallest absolute Gasteiger partial charge is 0.338 e. The van der Waals surface area contributed by atoms with Crippen LogP contribution >= 0.6 is 0 Å². The minimum atomic E-state index is -0.239. The SMILES string of the molecule is CCCCOC(=O)c1ccc(NCC)cc1. The first kappa shape index (κ1) is 12.6. The Bertz CT molecular complexity index is 319. The van der Waals surface area contributed by atoms with Gasteiger partial charge >= 0.3 is 5.97 Å². The molecule has 0 aliphatic heterocycles. The van der Waals surface area contributed by atoms with Crippen molar-refractivity contribution in [2.45, 2.75) is 26.7 Å². The van der Waals surface area contributed by atoms with Gasteiger partial charge in [-0.1, -0.05) is 13.3 Å². The van der Waals surface area contributed by atoms with Gasteiger partial charge in [0.2, 0.25) is 0 Å². The van der Waals surface area contributed by atoms with Crippen LogP contribution in [0.25, 0.3) is 0 Å². The molecular weight excluding hydrogens is 202 g/mol. The molecule has 0 spiro atoms. The topological polar surface area (TPSA) is 38.3 Å². The van der Waals surface area contributed by atoms with Crippen LogP contribution in [0.5, 0.6) is 0 Å². The number of ether oxygens (including phenoxy) is 1. The molecule has 0 aromatic heterocycles. The van der Waals surface area contributed by atoms with Crippen LogP contribution in [0.15, 0.2) is 24.3 Å². The van der Waals surface area contributed by atoms with Crippen molar-refractivity contribution in [1.82, 2.24) is 0 Å². The summed E-state index contributed by atoms with van der Waals surface area (Å²) in [6.45, 7) is 5.48. The fraction of sp³-hybridized carbons (Fsp3) is 0.462. The first-order chi connectivity index (χ1) is 7.77. The molecule has 1 aromatic rings. The fourth-order valence-electron chi connectivity index (χ4n) is 1.32. The van der Waals surface area contributed by atoms with Gasteiger partial charge in [-0.2, -0.15) is 0 Å². The highest BCUT2D eigenvalue weighted by molar-refractivity contribution is 5.89. The fourth-order valence-corrected chi connectivity index (χ4v) is 1.32. The molecular formula is C13H19NO2. The third-order valence-electron chi connectivity index (χ3n) is 2.23. The van der Waals surface area contributed by atoms with Crippen LogP contribution in [-0.4, -0.2) is 19.1 Å². The van der Waals surface area contributed by atoms with Gasteiger partial charge in [-0.15, -0.1) is 0 Å². The van der Waals surface area contributed by atoms with Gasteiger partial charge in [-0.25, -0.2) is 4.79 Å². The molecule has 1 N–H and O–H groups in total. The van der Waals surface area contributed by atoms with Gasteiger partial charge in [-0.3, -0.25) is 0 Å². The highest BCUT2D eigenvalue weighted by atomic mass is 16.5. The molecule has 0 aliphatic rings. The van der Waals surface area contributed by atoms with E-state index in [2.05, 4.69) is 12.2 Å². The Hall–Kier alpha value is -1.51. The van der Waals surface area contributed by atoms with Crippen LogP contribution in [-0.2, 0) is 4.74 Å². The lowest BCUT2D eigenvalue weighted by molar-refractivity contribution is 0.0500. The molecule has 16 heavy (non-hydrogen) atoms. The second-order valence-electron chi connectivity index (χ2n) is 3.60. The maximum Gasteiger partial charge on any atom is 0.338 e. The summed E-state index contributed by atoms with van der Waals surface area (Å²) >= 11 is 0. The number of rotatable bonds is 6. The van der Waals surface area contributed by atoms with Gasteiger partial charge in [0.25, 0.3) is 0 Å². The largest absolute Gasteiger partial charge is 0.462 e. The number of hydrogen-bond donors (Lipinski definition) is 1. The van der Waals surface area contributed by atoms with Crippen molar-refractivity contribution in [3.05, 3.63) is 29.8 Å². The van der Waals surface area contributed by atoms with Gasteiger partial charge in [-0.05, 0) is 37.6 Å². The number of carbonyl (C=O) groups is 1. The quantitative estimate of drug-likeness (QED) is 0.592. The number of carbonyl (C=O) groups excluding carboxylic acids is 1. The summed E-state index contributed by atoms with van der Waals surface area (Å²) < 4.78 is 5.11. The predicted molar refractivity (Wildman–Crippen MR) is 65.8 cm³/mol. The van der Waals surface area contributed by atoms with Crippen molar-refractivity contribution in [1.29, 1.82) is 0 Å². The van der Waals surface area contributed by atoms with Crippen molar-refractivity contribution in [3.63, 3.8) is 0 Å². The van der Waals surface area contributed by atoms with E-state index in [9.17, 15) is 4.79 Å². The van der Waals surface area contributed by atoms with Gasteiger partial charge < -0.3 is 10.1 Å². The van der Waals surface area contributed by atoms with Gasteiger partial charge in [0.1, 0.15) is 0 Å². The lowest BCUT2D eigenvalue weighted by atomic mass is 10.2. The van der Waals surface area contributed by atoms with E-state index in [-0.39, 0.29) is 5.97 Å². The zero-order valence-corrected chi connectivity index (χ0v) is 9.95. The molecule has 0 atom stereocenters. The average molecular weight is 221 g/mol. The number of nitrogens with one attached hydrogen (secondary N) is 1. The summed E-state index contributed by atoms with van der Waals surface area (Å²) in [5.41, 5.74) is 1.63. The third-order valence-corrected chi connectivity index (χ3v) is 2.23. The lowest BCUT2D eigenvalue weighted by Gasteiger charge is -2.05. The van der Waals surface area contributed by atoms with E-state index >= 15 is 0 Å². The van der Waals surface area contributed by atoms with Crippen LogP contribution in [0.2, 0.25) is 0 Å². The number of esters is 1. The first-order valence-corrected chi connectivity index (χ1v) is 5.79. The molecule has 88 valence electrons. The number of anilines is 1. The lowest BCUT2D eigenvalue weighted by Crippen LogP contribution is -2.06. The molecule has 0 heterocycles. The van der Waals surface area contributed by atoms with Crippen molar-refractivity contribution in [3.8, 4) is 0 Å². The molecule has 0 radical (unpaired) electrons. The standard InChI is InChI=1S/C13H19NO2/c1-3-5-10-16-13(15)11-6-8-12(9-7-11)14-4-2/h6-9,14H,3-5,10H2,1-2H3. The molecule has 0 saturated heterocycles. The Balaban J connectivity index is 2.49. The molecule has 0 aliphatic carbocycles. The number of unbranched alkanes of at least 4 members (excludes halogenated alkanes) is 1. The summed E-state index contributed by atoms with van der Waals surface area (Å²) in [5.74, 6) is -0.239. The van der Waals surface area contributed by atoms with Crippen LogP contribution in [0, 0.1) is 0 Å². The highest BCUT2D eigenvalue weighted by Gasteiger charge is 2.05. The summed E-state index contributed by atoms with van der Waals surface area (Å²) in [4.78, 5) is 11.5. The van der Waals surface area contributed by atoms with Crippen molar-refractivity contribution >= 4 is 11.7 Å². The van der Waals surface area contributed by atoms with Gasteiger partial charge in [0.05, 0.1) is 12.2 Å². The molecule has 0 unspecified atom stereocenters. The minimum absolute atomic E-state index is 0.239. The minimum Gasteiger partial charge on any atom is -0.462 e. The molecule has 0 fully saturated rings. The van der Waals surface area contributed by atoms with Gasteiger partial charge in [0.15, 0.2) is 0 Å².